The second-order valence-electron chi connectivity index (χ2n) is 2.22. The van der Waals surface area contributed by atoms with Gasteiger partial charge in [-0.3, -0.25) is 0 Å². The SMILES string of the molecule is OC1=C(COP)C=CCC1. The molecule has 0 saturated carbocycles. The van der Waals surface area contributed by atoms with Crippen molar-refractivity contribution in [3.8, 4) is 0 Å². The lowest BCUT2D eigenvalue weighted by atomic mass is 10.1. The zero-order valence-corrected chi connectivity index (χ0v) is 6.86. The van der Waals surface area contributed by atoms with Crippen LogP contribution in [0.2, 0.25) is 0 Å². The smallest absolute Gasteiger partial charge is 0.0980 e. The summed E-state index contributed by atoms with van der Waals surface area (Å²) in [5.41, 5.74) is 0.890. The lowest BCUT2D eigenvalue weighted by molar-refractivity contribution is 0.355. The monoisotopic (exact) mass is 158 g/mol. The van der Waals surface area contributed by atoms with Gasteiger partial charge in [0.1, 0.15) is 0 Å². The van der Waals surface area contributed by atoms with Crippen LogP contribution < -0.4 is 0 Å². The molecule has 0 aromatic carbocycles. The highest BCUT2D eigenvalue weighted by molar-refractivity contribution is 7.09. The van der Waals surface area contributed by atoms with E-state index in [2.05, 4.69) is 9.47 Å². The summed E-state index contributed by atoms with van der Waals surface area (Å²) in [6.45, 7) is 0.479. The average molecular weight is 158 g/mol. The summed E-state index contributed by atoms with van der Waals surface area (Å²) in [5, 5.41) is 9.24. The first-order valence-corrected chi connectivity index (χ1v) is 3.71. The molecule has 0 aromatic heterocycles. The van der Waals surface area contributed by atoms with E-state index < -0.39 is 0 Å². The van der Waals surface area contributed by atoms with Crippen LogP contribution in [0.3, 0.4) is 0 Å². The van der Waals surface area contributed by atoms with Crippen LogP contribution in [0, 0.1) is 0 Å². The molecule has 0 heterocycles. The topological polar surface area (TPSA) is 29.5 Å². The normalized spacial score (nSPS) is 18.1. The Kier molecular flexibility index (Phi) is 2.91. The fourth-order valence-electron chi connectivity index (χ4n) is 0.924. The fraction of sp³-hybridized carbons (Fsp3) is 0.429. The summed E-state index contributed by atoms with van der Waals surface area (Å²) in [6.07, 6.45) is 5.63. The minimum absolute atomic E-state index is 0.463. The molecule has 0 aromatic rings. The third-order valence-electron chi connectivity index (χ3n) is 1.48. The van der Waals surface area contributed by atoms with E-state index in [-0.39, 0.29) is 0 Å². The van der Waals surface area contributed by atoms with Gasteiger partial charge in [0.2, 0.25) is 0 Å². The van der Waals surface area contributed by atoms with E-state index in [4.69, 9.17) is 4.52 Å². The molecule has 0 fully saturated rings. The van der Waals surface area contributed by atoms with E-state index in [1.165, 1.54) is 0 Å². The highest BCUT2D eigenvalue weighted by atomic mass is 31.0. The van der Waals surface area contributed by atoms with Crippen molar-refractivity contribution in [2.24, 2.45) is 0 Å². The van der Waals surface area contributed by atoms with Crippen LogP contribution >= 0.6 is 9.47 Å². The Bertz CT molecular complexity index is 172. The van der Waals surface area contributed by atoms with Crippen molar-refractivity contribution in [2.75, 3.05) is 6.61 Å². The summed E-state index contributed by atoms with van der Waals surface area (Å²) in [4.78, 5) is 0. The van der Waals surface area contributed by atoms with Gasteiger partial charge in [0, 0.05) is 21.5 Å². The summed E-state index contributed by atoms with van der Waals surface area (Å²) >= 11 is 0. The van der Waals surface area contributed by atoms with Gasteiger partial charge in [-0.2, -0.15) is 0 Å². The molecule has 0 spiro atoms. The van der Waals surface area contributed by atoms with E-state index in [0.29, 0.717) is 12.4 Å². The predicted molar refractivity (Wildman–Crippen MR) is 43.7 cm³/mol. The molecular formula is C7H11O2P. The van der Waals surface area contributed by atoms with Gasteiger partial charge in [-0.15, -0.1) is 0 Å². The standard InChI is InChI=1S/C7H11O2P/c8-7-4-2-1-3-6(7)5-9-10/h1,3,8H,2,4-5,10H2. The molecule has 56 valence electrons. The summed E-state index contributed by atoms with van der Waals surface area (Å²) in [7, 11) is 2.16. The van der Waals surface area contributed by atoms with Crippen molar-refractivity contribution >= 4 is 9.47 Å². The van der Waals surface area contributed by atoms with Crippen LogP contribution in [0.25, 0.3) is 0 Å². The molecule has 1 unspecified atom stereocenters. The summed E-state index contributed by atoms with van der Waals surface area (Å²) < 4.78 is 4.80. The van der Waals surface area contributed by atoms with Gasteiger partial charge in [0.05, 0.1) is 12.4 Å². The zero-order valence-electron chi connectivity index (χ0n) is 5.71. The van der Waals surface area contributed by atoms with Crippen LogP contribution in [0.5, 0.6) is 0 Å². The maximum absolute atomic E-state index is 9.24. The van der Waals surface area contributed by atoms with Crippen molar-refractivity contribution in [1.82, 2.24) is 0 Å². The van der Waals surface area contributed by atoms with Gasteiger partial charge in [-0.05, 0) is 6.42 Å². The predicted octanol–water partition coefficient (Wildman–Crippen LogP) is 1.96. The van der Waals surface area contributed by atoms with E-state index in [1.807, 2.05) is 12.2 Å². The molecule has 2 nitrogen and oxygen atoms in total. The fourth-order valence-corrected chi connectivity index (χ4v) is 1.10. The first-order chi connectivity index (χ1) is 4.84. The molecule has 1 rings (SSSR count). The van der Waals surface area contributed by atoms with Crippen molar-refractivity contribution in [3.63, 3.8) is 0 Å². The molecule has 0 bridgehead atoms. The molecular weight excluding hydrogens is 147 g/mol. The lowest BCUT2D eigenvalue weighted by Crippen LogP contribution is -1.98. The number of hydrogen-bond acceptors (Lipinski definition) is 2. The molecule has 1 aliphatic carbocycles. The Hall–Kier alpha value is -0.330. The van der Waals surface area contributed by atoms with Crippen molar-refractivity contribution in [3.05, 3.63) is 23.5 Å². The molecule has 0 amide bonds. The number of aliphatic hydroxyl groups is 1. The average Bonchev–Trinajstić information content (AvgIpc) is 1.94. The first kappa shape index (κ1) is 7.77. The van der Waals surface area contributed by atoms with Crippen LogP contribution in [-0.4, -0.2) is 11.7 Å². The molecule has 0 saturated heterocycles. The molecule has 1 N–H and O–H groups in total. The number of hydrogen-bond donors (Lipinski definition) is 1. The minimum atomic E-state index is 0.463. The molecule has 0 radical (unpaired) electrons. The summed E-state index contributed by atoms with van der Waals surface area (Å²) in [6, 6.07) is 0. The quantitative estimate of drug-likeness (QED) is 0.622. The third kappa shape index (κ3) is 1.83. The van der Waals surface area contributed by atoms with Crippen molar-refractivity contribution in [2.45, 2.75) is 12.8 Å². The van der Waals surface area contributed by atoms with Crippen LogP contribution in [0.4, 0.5) is 0 Å². The number of aliphatic hydroxyl groups excluding tert-OH is 1. The van der Waals surface area contributed by atoms with E-state index in [1.54, 1.807) is 0 Å². The maximum atomic E-state index is 9.24. The molecule has 10 heavy (non-hydrogen) atoms. The van der Waals surface area contributed by atoms with E-state index in [0.717, 1.165) is 18.4 Å². The maximum Gasteiger partial charge on any atom is 0.0980 e. The Morgan fingerprint density at radius 2 is 2.50 bits per heavy atom. The van der Waals surface area contributed by atoms with Crippen LogP contribution in [0.1, 0.15) is 12.8 Å². The van der Waals surface area contributed by atoms with Gasteiger partial charge in [-0.1, -0.05) is 12.2 Å². The third-order valence-corrected chi connectivity index (χ3v) is 1.64. The van der Waals surface area contributed by atoms with Crippen LogP contribution in [0.15, 0.2) is 23.5 Å². The van der Waals surface area contributed by atoms with E-state index in [9.17, 15) is 5.11 Å². The molecule has 1 aliphatic rings. The number of rotatable bonds is 2. The number of allylic oxidation sites excluding steroid dienone is 2. The highest BCUT2D eigenvalue weighted by Crippen LogP contribution is 2.16. The Morgan fingerprint density at radius 1 is 1.70 bits per heavy atom. The van der Waals surface area contributed by atoms with Crippen molar-refractivity contribution < 1.29 is 9.63 Å². The molecule has 3 heteroatoms. The van der Waals surface area contributed by atoms with Gasteiger partial charge in [0.15, 0.2) is 0 Å². The second kappa shape index (κ2) is 3.75. The minimum Gasteiger partial charge on any atom is -0.512 e. The Labute approximate surface area is 62.9 Å². The lowest BCUT2D eigenvalue weighted by Gasteiger charge is -2.08. The van der Waals surface area contributed by atoms with Crippen LogP contribution in [-0.2, 0) is 4.52 Å². The highest BCUT2D eigenvalue weighted by Gasteiger charge is 2.04. The first-order valence-electron chi connectivity index (χ1n) is 3.24. The van der Waals surface area contributed by atoms with Gasteiger partial charge in [-0.25, -0.2) is 0 Å². The molecule has 1 atom stereocenters. The zero-order chi connectivity index (χ0) is 7.40. The second-order valence-corrected chi connectivity index (χ2v) is 2.56. The summed E-state index contributed by atoms with van der Waals surface area (Å²) in [5.74, 6) is 0.463. The Balaban J connectivity index is 2.60. The van der Waals surface area contributed by atoms with Crippen molar-refractivity contribution in [1.29, 1.82) is 0 Å². The van der Waals surface area contributed by atoms with Gasteiger partial charge < -0.3 is 9.63 Å². The Morgan fingerprint density at radius 3 is 3.10 bits per heavy atom. The molecule has 0 aliphatic heterocycles. The van der Waals surface area contributed by atoms with Gasteiger partial charge in [0.25, 0.3) is 0 Å². The van der Waals surface area contributed by atoms with Gasteiger partial charge >= 0.3 is 0 Å². The van der Waals surface area contributed by atoms with E-state index >= 15 is 0 Å². The largest absolute Gasteiger partial charge is 0.512 e.